The summed E-state index contributed by atoms with van der Waals surface area (Å²) in [5, 5.41) is 0. The van der Waals surface area contributed by atoms with Crippen LogP contribution in [-0.2, 0) is 0 Å². The summed E-state index contributed by atoms with van der Waals surface area (Å²) in [6.45, 7) is 2.02. The van der Waals surface area contributed by atoms with E-state index in [9.17, 15) is 0 Å². The van der Waals surface area contributed by atoms with Gasteiger partial charge in [0, 0.05) is 0 Å². The van der Waals surface area contributed by atoms with Crippen LogP contribution in [0.5, 0.6) is 0 Å². The fraction of sp³-hybridized carbons (Fsp3) is 1.00. The minimum Gasteiger partial charge on any atom is -0.335 e. The highest BCUT2D eigenvalue weighted by molar-refractivity contribution is 6.18. The van der Waals surface area contributed by atoms with Gasteiger partial charge in [-0.3, -0.25) is 0 Å². The molecular formula is C5H13Cl3N+. The molecule has 0 spiro atoms. The van der Waals surface area contributed by atoms with Gasteiger partial charge in [0.05, 0.1) is 31.9 Å². The summed E-state index contributed by atoms with van der Waals surface area (Å²) < 4.78 is 0. The fourth-order valence-electron chi connectivity index (χ4n) is 0.448. The molecule has 0 bridgehead atoms. The Labute approximate surface area is 72.7 Å². The van der Waals surface area contributed by atoms with E-state index in [1.165, 1.54) is 4.90 Å². The van der Waals surface area contributed by atoms with Gasteiger partial charge in [0.15, 0.2) is 0 Å². The summed E-state index contributed by atoms with van der Waals surface area (Å²) in [5.74, 6) is 1.45. The maximum absolute atomic E-state index is 5.47. The zero-order chi connectivity index (χ0) is 6.41. The summed E-state index contributed by atoms with van der Waals surface area (Å²) in [7, 11) is 2.09. The van der Waals surface area contributed by atoms with E-state index in [0.29, 0.717) is 0 Å². The first-order valence-corrected chi connectivity index (χ1v) is 3.81. The van der Waals surface area contributed by atoms with E-state index in [1.54, 1.807) is 0 Å². The third kappa shape index (κ3) is 8.83. The summed E-state index contributed by atoms with van der Waals surface area (Å²) in [6.07, 6.45) is 0. The van der Waals surface area contributed by atoms with Crippen LogP contribution in [0.15, 0.2) is 0 Å². The quantitative estimate of drug-likeness (QED) is 0.617. The van der Waals surface area contributed by atoms with Crippen molar-refractivity contribution in [1.29, 1.82) is 0 Å². The molecule has 0 heterocycles. The van der Waals surface area contributed by atoms with E-state index >= 15 is 0 Å². The van der Waals surface area contributed by atoms with Crippen LogP contribution in [0.4, 0.5) is 0 Å². The van der Waals surface area contributed by atoms with Gasteiger partial charge in [-0.05, 0) is 0 Å². The lowest BCUT2D eigenvalue weighted by atomic mass is 10.6. The molecule has 0 aromatic carbocycles. The van der Waals surface area contributed by atoms with Gasteiger partial charge < -0.3 is 4.90 Å². The molecule has 0 aliphatic carbocycles. The van der Waals surface area contributed by atoms with E-state index < -0.39 is 0 Å². The van der Waals surface area contributed by atoms with Gasteiger partial charge in [-0.15, -0.1) is 35.6 Å². The molecule has 0 rings (SSSR count). The van der Waals surface area contributed by atoms with E-state index in [2.05, 4.69) is 7.05 Å². The lowest BCUT2D eigenvalue weighted by Gasteiger charge is -2.08. The number of nitrogens with one attached hydrogen (secondary N) is 1. The molecule has 1 N–H and O–H groups in total. The van der Waals surface area contributed by atoms with E-state index in [-0.39, 0.29) is 12.4 Å². The molecule has 0 amide bonds. The number of quaternary nitrogens is 1. The molecule has 0 unspecified atom stereocenters. The van der Waals surface area contributed by atoms with Crippen molar-refractivity contribution in [2.45, 2.75) is 0 Å². The maximum atomic E-state index is 5.47. The average molecular weight is 194 g/mol. The standard InChI is InChI=1S/C5H11Cl2N.ClH/c1-8(4-2-6)5-3-7;/h2-5H2,1H3;1H/p+1. The first-order valence-electron chi connectivity index (χ1n) is 2.74. The van der Waals surface area contributed by atoms with Crippen LogP contribution in [0.25, 0.3) is 0 Å². The van der Waals surface area contributed by atoms with Crippen molar-refractivity contribution in [2.24, 2.45) is 0 Å². The third-order valence-corrected chi connectivity index (χ3v) is 1.42. The minimum atomic E-state index is 0. The van der Waals surface area contributed by atoms with Crippen LogP contribution in [0, 0.1) is 0 Å². The number of halogens is 3. The zero-order valence-electron chi connectivity index (χ0n) is 5.49. The van der Waals surface area contributed by atoms with Crippen molar-refractivity contribution in [3.05, 3.63) is 0 Å². The van der Waals surface area contributed by atoms with Crippen molar-refractivity contribution < 1.29 is 4.90 Å². The highest BCUT2D eigenvalue weighted by Crippen LogP contribution is 1.66. The van der Waals surface area contributed by atoms with Gasteiger partial charge in [-0.25, -0.2) is 0 Å². The largest absolute Gasteiger partial charge is 0.335 e. The lowest BCUT2D eigenvalue weighted by molar-refractivity contribution is -0.874. The van der Waals surface area contributed by atoms with Gasteiger partial charge in [0.2, 0.25) is 0 Å². The molecule has 58 valence electrons. The van der Waals surface area contributed by atoms with E-state index in [0.717, 1.165) is 24.8 Å². The predicted octanol–water partition coefficient (Wildman–Crippen LogP) is 0.401. The van der Waals surface area contributed by atoms with Gasteiger partial charge in [0.25, 0.3) is 0 Å². The average Bonchev–Trinajstić information content (AvgIpc) is 1.68. The Kier molecular flexibility index (Phi) is 12.3. The van der Waals surface area contributed by atoms with Crippen molar-refractivity contribution in [3.63, 3.8) is 0 Å². The number of hydrogen-bond acceptors (Lipinski definition) is 0. The van der Waals surface area contributed by atoms with Crippen molar-refractivity contribution >= 4 is 35.6 Å². The Morgan fingerprint density at radius 1 is 1.11 bits per heavy atom. The molecule has 0 saturated carbocycles. The molecular weight excluding hydrogens is 180 g/mol. The normalized spacial score (nSPS) is 9.33. The fourth-order valence-corrected chi connectivity index (χ4v) is 1.09. The van der Waals surface area contributed by atoms with Crippen molar-refractivity contribution in [1.82, 2.24) is 0 Å². The van der Waals surface area contributed by atoms with Gasteiger partial charge in [-0.2, -0.15) is 0 Å². The monoisotopic (exact) mass is 192 g/mol. The Bertz CT molecular complexity index is 45.5. The second-order valence-electron chi connectivity index (χ2n) is 1.84. The first kappa shape index (κ1) is 12.5. The Morgan fingerprint density at radius 3 is 1.67 bits per heavy atom. The van der Waals surface area contributed by atoms with Crippen LogP contribution >= 0.6 is 35.6 Å². The van der Waals surface area contributed by atoms with Crippen LogP contribution in [-0.4, -0.2) is 31.9 Å². The molecule has 1 nitrogen and oxygen atoms in total. The summed E-state index contributed by atoms with van der Waals surface area (Å²) in [4.78, 5) is 1.40. The first-order chi connectivity index (χ1) is 3.81. The Morgan fingerprint density at radius 2 is 1.44 bits per heavy atom. The van der Waals surface area contributed by atoms with Gasteiger partial charge in [-0.1, -0.05) is 0 Å². The van der Waals surface area contributed by atoms with Crippen LogP contribution in [0.2, 0.25) is 0 Å². The summed E-state index contributed by atoms with van der Waals surface area (Å²) in [5.41, 5.74) is 0. The predicted molar refractivity (Wildman–Crippen MR) is 45.3 cm³/mol. The topological polar surface area (TPSA) is 4.44 Å². The highest BCUT2D eigenvalue weighted by atomic mass is 35.5. The molecule has 0 fully saturated rings. The van der Waals surface area contributed by atoms with Crippen LogP contribution in [0.1, 0.15) is 0 Å². The molecule has 0 saturated heterocycles. The maximum Gasteiger partial charge on any atom is 0.0906 e. The van der Waals surface area contributed by atoms with Gasteiger partial charge in [0.1, 0.15) is 0 Å². The minimum absolute atomic E-state index is 0. The van der Waals surface area contributed by atoms with E-state index in [4.69, 9.17) is 23.2 Å². The van der Waals surface area contributed by atoms with Gasteiger partial charge >= 0.3 is 0 Å². The smallest absolute Gasteiger partial charge is 0.0906 e. The van der Waals surface area contributed by atoms with Crippen molar-refractivity contribution in [2.75, 3.05) is 31.9 Å². The highest BCUT2D eigenvalue weighted by Gasteiger charge is 1.95. The van der Waals surface area contributed by atoms with Crippen molar-refractivity contribution in [3.8, 4) is 0 Å². The molecule has 0 atom stereocenters. The Balaban J connectivity index is 0. The SMILES string of the molecule is C[NH+](CCCl)CCCl.Cl. The number of alkyl halides is 2. The number of rotatable bonds is 4. The molecule has 0 radical (unpaired) electrons. The zero-order valence-corrected chi connectivity index (χ0v) is 7.82. The molecule has 9 heavy (non-hydrogen) atoms. The molecule has 0 aromatic heterocycles. The van der Waals surface area contributed by atoms with Crippen LogP contribution in [0.3, 0.4) is 0 Å². The molecule has 0 aliphatic heterocycles. The molecule has 4 heteroatoms. The molecule has 0 aliphatic rings. The Hall–Kier alpha value is 0.830. The number of hydrogen-bond donors (Lipinski definition) is 1. The van der Waals surface area contributed by atoms with E-state index in [1.807, 2.05) is 0 Å². The summed E-state index contributed by atoms with van der Waals surface area (Å²) in [6, 6.07) is 0. The third-order valence-electron chi connectivity index (χ3n) is 1.04. The second kappa shape index (κ2) is 8.83. The second-order valence-corrected chi connectivity index (χ2v) is 2.59. The molecule has 0 aromatic rings. The summed E-state index contributed by atoms with van der Waals surface area (Å²) >= 11 is 10.9. The van der Waals surface area contributed by atoms with Crippen LogP contribution < -0.4 is 4.90 Å². The lowest BCUT2D eigenvalue weighted by Crippen LogP contribution is -3.09.